The topological polar surface area (TPSA) is 21.7 Å². The van der Waals surface area contributed by atoms with E-state index < -0.39 is 12.4 Å². The minimum absolute atomic E-state index is 0.0272. The average Bonchev–Trinajstić information content (AvgIpc) is 3.01. The summed E-state index contributed by atoms with van der Waals surface area (Å²) in [6.07, 6.45) is 5.59. The van der Waals surface area contributed by atoms with Gasteiger partial charge in [0.2, 0.25) is 5.75 Å². The van der Waals surface area contributed by atoms with Gasteiger partial charge in [0.25, 0.3) is 0 Å². The summed E-state index contributed by atoms with van der Waals surface area (Å²) in [4.78, 5) is 2.37. The number of alkyl halides is 1. The van der Waals surface area contributed by atoms with E-state index in [0.717, 1.165) is 37.8 Å². The Morgan fingerprint density at radius 3 is 2.95 bits per heavy atom. The van der Waals surface area contributed by atoms with E-state index in [1.165, 1.54) is 12.5 Å². The van der Waals surface area contributed by atoms with Gasteiger partial charge in [-0.2, -0.15) is 4.39 Å². The lowest BCUT2D eigenvalue weighted by atomic mass is 9.66. The van der Waals surface area contributed by atoms with Crippen LogP contribution in [0.1, 0.15) is 37.7 Å². The molecule has 3 aliphatic rings. The number of benzene rings is 1. The Morgan fingerprint density at radius 2 is 2.10 bits per heavy atom. The smallest absolute Gasteiger partial charge is 0.397 e. The van der Waals surface area contributed by atoms with Crippen LogP contribution in [0.4, 0.5) is 8.78 Å². The number of hydrogen-bond donors (Lipinski definition) is 0. The number of ether oxygens (including phenoxy) is 2. The van der Waals surface area contributed by atoms with E-state index in [2.05, 4.69) is 11.9 Å². The summed E-state index contributed by atoms with van der Waals surface area (Å²) in [5.74, 6) is -0.414. The minimum Gasteiger partial charge on any atom is -0.425 e. The van der Waals surface area contributed by atoms with Crippen molar-refractivity contribution >= 4 is 0 Å². The number of rotatable bonds is 1. The van der Waals surface area contributed by atoms with Crippen LogP contribution in [0.5, 0.6) is 11.5 Å². The van der Waals surface area contributed by atoms with E-state index >= 15 is 0 Å². The number of nitrogens with zero attached hydrogens (tertiary/aromatic N) is 1. The molecule has 3 nitrogen and oxygen atoms in total. The third-order valence-corrected chi connectivity index (χ3v) is 5.45. The third-order valence-electron chi connectivity index (χ3n) is 5.45. The fourth-order valence-electron chi connectivity index (χ4n) is 4.44. The summed E-state index contributed by atoms with van der Waals surface area (Å²) >= 11 is 0. The van der Waals surface area contributed by atoms with Gasteiger partial charge in [-0.25, -0.2) is 4.39 Å². The highest BCUT2D eigenvalue weighted by atomic mass is 19.2. The number of fused-ring (bicyclic) bond motifs is 2. The fraction of sp³-hybridized carbons (Fsp3) is 0.625. The van der Waals surface area contributed by atoms with E-state index in [0.29, 0.717) is 6.04 Å². The Bertz CT molecular complexity index is 576. The van der Waals surface area contributed by atoms with E-state index in [9.17, 15) is 8.78 Å². The third kappa shape index (κ3) is 1.86. The zero-order valence-corrected chi connectivity index (χ0v) is 12.1. The van der Waals surface area contributed by atoms with Crippen LogP contribution in [0.25, 0.3) is 0 Å². The van der Waals surface area contributed by atoms with Crippen LogP contribution >= 0.6 is 0 Å². The molecule has 5 heteroatoms. The van der Waals surface area contributed by atoms with Crippen LogP contribution in [0.15, 0.2) is 12.1 Å². The SMILES string of the molecule is CN1CC[C@]2(c3cc(F)c4c(c3)OC(F)O4)CCCC[C@H]12. The summed E-state index contributed by atoms with van der Waals surface area (Å²) in [6.45, 7) is -0.873. The van der Waals surface area contributed by atoms with Gasteiger partial charge in [-0.15, -0.1) is 0 Å². The molecular weight excluding hydrogens is 276 g/mol. The molecule has 1 unspecified atom stereocenters. The second kappa shape index (κ2) is 4.57. The Balaban J connectivity index is 1.79. The first-order valence-electron chi connectivity index (χ1n) is 7.62. The lowest BCUT2D eigenvalue weighted by Crippen LogP contribution is -2.43. The van der Waals surface area contributed by atoms with Crippen molar-refractivity contribution < 1.29 is 18.3 Å². The highest BCUT2D eigenvalue weighted by Gasteiger charge is 2.49. The first kappa shape index (κ1) is 13.3. The second-order valence-electron chi connectivity index (χ2n) is 6.44. The summed E-state index contributed by atoms with van der Waals surface area (Å²) in [7, 11) is 2.14. The van der Waals surface area contributed by atoms with Gasteiger partial charge in [0.05, 0.1) is 0 Å². The fourth-order valence-corrected chi connectivity index (χ4v) is 4.44. The van der Waals surface area contributed by atoms with Crippen molar-refractivity contribution in [2.45, 2.75) is 50.1 Å². The van der Waals surface area contributed by atoms with E-state index in [4.69, 9.17) is 9.47 Å². The molecule has 114 valence electrons. The van der Waals surface area contributed by atoms with Crippen molar-refractivity contribution in [2.75, 3.05) is 13.6 Å². The molecule has 1 saturated heterocycles. The van der Waals surface area contributed by atoms with Gasteiger partial charge < -0.3 is 14.4 Å². The quantitative estimate of drug-likeness (QED) is 0.793. The van der Waals surface area contributed by atoms with Crippen LogP contribution in [0.3, 0.4) is 0 Å². The molecule has 3 atom stereocenters. The van der Waals surface area contributed by atoms with Crippen LogP contribution in [0, 0.1) is 5.82 Å². The molecule has 2 fully saturated rings. The highest BCUT2D eigenvalue weighted by Crippen LogP contribution is 2.51. The van der Waals surface area contributed by atoms with Gasteiger partial charge in [0.1, 0.15) is 0 Å². The predicted molar refractivity (Wildman–Crippen MR) is 73.7 cm³/mol. The molecule has 1 aliphatic carbocycles. The van der Waals surface area contributed by atoms with Gasteiger partial charge in [-0.05, 0) is 50.6 Å². The summed E-state index contributed by atoms with van der Waals surface area (Å²) in [5, 5.41) is 0. The van der Waals surface area contributed by atoms with Crippen molar-refractivity contribution in [3.63, 3.8) is 0 Å². The van der Waals surface area contributed by atoms with E-state index in [1.54, 1.807) is 6.07 Å². The number of likely N-dealkylation sites (tertiary alicyclic amines) is 1. The highest BCUT2D eigenvalue weighted by molar-refractivity contribution is 5.49. The van der Waals surface area contributed by atoms with Crippen LogP contribution in [0.2, 0.25) is 0 Å². The number of likely N-dealkylation sites (N-methyl/N-ethyl adjacent to an activating group) is 1. The van der Waals surface area contributed by atoms with Crippen molar-refractivity contribution in [3.8, 4) is 11.5 Å². The first-order valence-corrected chi connectivity index (χ1v) is 7.62. The molecule has 0 N–H and O–H groups in total. The van der Waals surface area contributed by atoms with Gasteiger partial charge >= 0.3 is 6.54 Å². The Kier molecular flexibility index (Phi) is 2.89. The molecule has 4 rings (SSSR count). The predicted octanol–water partition coefficient (Wildman–Crippen LogP) is 3.37. The van der Waals surface area contributed by atoms with Crippen molar-refractivity contribution in [3.05, 3.63) is 23.5 Å². The average molecular weight is 295 g/mol. The minimum atomic E-state index is -1.89. The zero-order valence-electron chi connectivity index (χ0n) is 12.1. The maximum absolute atomic E-state index is 14.2. The maximum Gasteiger partial charge on any atom is 0.397 e. The van der Waals surface area contributed by atoms with Gasteiger partial charge in [0.15, 0.2) is 11.6 Å². The lowest BCUT2D eigenvalue weighted by molar-refractivity contribution is -0.0663. The Labute approximate surface area is 122 Å². The normalized spacial score (nSPS) is 35.0. The van der Waals surface area contributed by atoms with Crippen molar-refractivity contribution in [1.82, 2.24) is 4.90 Å². The molecule has 0 bridgehead atoms. The molecule has 1 aromatic carbocycles. The number of halogens is 2. The molecular formula is C16H19F2NO2. The zero-order chi connectivity index (χ0) is 14.6. The second-order valence-corrected chi connectivity index (χ2v) is 6.44. The van der Waals surface area contributed by atoms with Crippen LogP contribution in [-0.4, -0.2) is 31.1 Å². The molecule has 1 saturated carbocycles. The monoisotopic (exact) mass is 295 g/mol. The molecule has 0 amide bonds. The summed E-state index contributed by atoms with van der Waals surface area (Å²) < 4.78 is 37.1. The maximum atomic E-state index is 14.2. The van der Waals surface area contributed by atoms with E-state index in [1.807, 2.05) is 0 Å². The molecule has 21 heavy (non-hydrogen) atoms. The molecule has 2 aliphatic heterocycles. The largest absolute Gasteiger partial charge is 0.425 e. The molecule has 0 aromatic heterocycles. The standard InChI is InChI=1S/C16H19F2NO2/c1-19-7-6-16(5-3-2-4-13(16)19)10-8-11(17)14-12(9-10)20-15(18)21-14/h8-9,13,15H,2-7H2,1H3/t13-,15?,16-/m0/s1. The van der Waals surface area contributed by atoms with Crippen LogP contribution in [-0.2, 0) is 5.41 Å². The van der Waals surface area contributed by atoms with Gasteiger partial charge in [-0.3, -0.25) is 0 Å². The Hall–Kier alpha value is -1.36. The number of hydrogen-bond acceptors (Lipinski definition) is 3. The Morgan fingerprint density at radius 1 is 1.24 bits per heavy atom. The van der Waals surface area contributed by atoms with E-state index in [-0.39, 0.29) is 16.9 Å². The lowest BCUT2D eigenvalue weighted by Gasteiger charge is -2.41. The summed E-state index contributed by atoms with van der Waals surface area (Å²) in [6, 6.07) is 3.75. The van der Waals surface area contributed by atoms with Gasteiger partial charge in [0, 0.05) is 11.5 Å². The molecule has 0 radical (unpaired) electrons. The van der Waals surface area contributed by atoms with Crippen molar-refractivity contribution in [2.24, 2.45) is 0 Å². The summed E-state index contributed by atoms with van der Waals surface area (Å²) in [5.41, 5.74) is 0.908. The molecule has 0 spiro atoms. The molecule has 2 heterocycles. The van der Waals surface area contributed by atoms with Gasteiger partial charge in [-0.1, -0.05) is 12.8 Å². The molecule has 1 aromatic rings. The van der Waals surface area contributed by atoms with Crippen LogP contribution < -0.4 is 9.47 Å². The van der Waals surface area contributed by atoms with Crippen molar-refractivity contribution in [1.29, 1.82) is 0 Å². The first-order chi connectivity index (χ1) is 10.1.